The molecular formula is C29H28N2O3. The summed E-state index contributed by atoms with van der Waals surface area (Å²) >= 11 is 0. The SMILES string of the molecule is C=CCc1cc(/C=C(\C#N)C(=O)Nc2ccc(C)cc2C)cc(OC)c1OCc1ccccc1. The lowest BCUT2D eigenvalue weighted by Crippen LogP contribution is -2.14. The van der Waals surface area contributed by atoms with Gasteiger partial charge in [-0.2, -0.15) is 5.26 Å². The number of amides is 1. The first-order chi connectivity index (χ1) is 16.4. The van der Waals surface area contributed by atoms with Crippen LogP contribution in [0.2, 0.25) is 0 Å². The van der Waals surface area contributed by atoms with Crippen LogP contribution in [0.15, 0.2) is 78.9 Å². The summed E-state index contributed by atoms with van der Waals surface area (Å²) in [5.41, 5.74) is 5.24. The van der Waals surface area contributed by atoms with Crippen molar-refractivity contribution in [3.05, 3.63) is 107 Å². The summed E-state index contributed by atoms with van der Waals surface area (Å²) in [6, 6.07) is 21.2. The Bertz CT molecular complexity index is 1250. The number of nitrogens with one attached hydrogen (secondary N) is 1. The quantitative estimate of drug-likeness (QED) is 0.240. The van der Waals surface area contributed by atoms with Gasteiger partial charge >= 0.3 is 0 Å². The molecule has 5 nitrogen and oxygen atoms in total. The minimum absolute atomic E-state index is 0.00969. The molecule has 0 aliphatic rings. The number of carbonyl (C=O) groups excluding carboxylic acids is 1. The zero-order valence-electron chi connectivity index (χ0n) is 19.7. The van der Waals surface area contributed by atoms with Crippen LogP contribution in [0.4, 0.5) is 5.69 Å². The molecule has 34 heavy (non-hydrogen) atoms. The van der Waals surface area contributed by atoms with Crippen molar-refractivity contribution in [1.82, 2.24) is 0 Å². The van der Waals surface area contributed by atoms with Gasteiger partial charge in [0.15, 0.2) is 11.5 Å². The predicted octanol–water partition coefficient (Wildman–Crippen LogP) is 6.17. The number of benzene rings is 3. The van der Waals surface area contributed by atoms with E-state index in [4.69, 9.17) is 9.47 Å². The minimum atomic E-state index is -0.469. The van der Waals surface area contributed by atoms with Crippen molar-refractivity contribution in [2.45, 2.75) is 26.9 Å². The molecule has 0 fully saturated rings. The van der Waals surface area contributed by atoms with E-state index in [9.17, 15) is 10.1 Å². The Hall–Kier alpha value is -4.30. The van der Waals surface area contributed by atoms with Crippen LogP contribution < -0.4 is 14.8 Å². The number of carbonyl (C=O) groups is 1. The van der Waals surface area contributed by atoms with Gasteiger partial charge in [-0.15, -0.1) is 6.58 Å². The van der Waals surface area contributed by atoms with E-state index in [2.05, 4.69) is 11.9 Å². The van der Waals surface area contributed by atoms with E-state index in [-0.39, 0.29) is 5.57 Å². The van der Waals surface area contributed by atoms with Gasteiger partial charge in [-0.25, -0.2) is 0 Å². The van der Waals surface area contributed by atoms with Crippen molar-refractivity contribution < 1.29 is 14.3 Å². The van der Waals surface area contributed by atoms with Gasteiger partial charge in [0.1, 0.15) is 18.2 Å². The molecule has 5 heteroatoms. The lowest BCUT2D eigenvalue weighted by molar-refractivity contribution is -0.112. The molecule has 0 atom stereocenters. The average molecular weight is 453 g/mol. The maximum Gasteiger partial charge on any atom is 0.266 e. The number of methoxy groups -OCH3 is 1. The normalized spacial score (nSPS) is 10.8. The summed E-state index contributed by atoms with van der Waals surface area (Å²) in [4.78, 5) is 12.8. The van der Waals surface area contributed by atoms with E-state index in [1.54, 1.807) is 25.3 Å². The third-order valence-corrected chi connectivity index (χ3v) is 5.27. The van der Waals surface area contributed by atoms with Crippen molar-refractivity contribution in [3.63, 3.8) is 0 Å². The Morgan fingerprint density at radius 2 is 1.88 bits per heavy atom. The number of hydrogen-bond donors (Lipinski definition) is 1. The lowest BCUT2D eigenvalue weighted by atomic mass is 10.0. The molecule has 3 rings (SSSR count). The summed E-state index contributed by atoms with van der Waals surface area (Å²) in [6.45, 7) is 8.13. The number of allylic oxidation sites excluding steroid dienone is 1. The maximum absolute atomic E-state index is 12.8. The third-order valence-electron chi connectivity index (χ3n) is 5.27. The van der Waals surface area contributed by atoms with Crippen LogP contribution in [-0.4, -0.2) is 13.0 Å². The molecule has 0 saturated heterocycles. The molecule has 3 aromatic rings. The van der Waals surface area contributed by atoms with Crippen LogP contribution in [0.1, 0.15) is 27.8 Å². The Kier molecular flexibility index (Phi) is 8.26. The molecule has 172 valence electrons. The highest BCUT2D eigenvalue weighted by molar-refractivity contribution is 6.10. The second-order valence-electron chi connectivity index (χ2n) is 7.92. The largest absolute Gasteiger partial charge is 0.493 e. The van der Waals surface area contributed by atoms with Gasteiger partial charge in [-0.05, 0) is 61.2 Å². The van der Waals surface area contributed by atoms with Crippen molar-refractivity contribution in [2.24, 2.45) is 0 Å². The third kappa shape index (κ3) is 6.14. The number of rotatable bonds is 9. The topological polar surface area (TPSA) is 71.4 Å². The fourth-order valence-electron chi connectivity index (χ4n) is 3.58. The molecule has 0 saturated carbocycles. The fraction of sp³-hybridized carbons (Fsp3) is 0.172. The van der Waals surface area contributed by atoms with Crippen LogP contribution >= 0.6 is 0 Å². The van der Waals surface area contributed by atoms with E-state index in [0.717, 1.165) is 22.3 Å². The average Bonchev–Trinajstić information content (AvgIpc) is 2.84. The number of hydrogen-bond acceptors (Lipinski definition) is 4. The highest BCUT2D eigenvalue weighted by atomic mass is 16.5. The maximum atomic E-state index is 12.8. The van der Waals surface area contributed by atoms with Gasteiger partial charge in [-0.3, -0.25) is 4.79 Å². The molecule has 0 aliphatic carbocycles. The van der Waals surface area contributed by atoms with Gasteiger partial charge in [0.2, 0.25) is 0 Å². The van der Waals surface area contributed by atoms with E-state index in [1.807, 2.05) is 74.5 Å². The Morgan fingerprint density at radius 3 is 2.53 bits per heavy atom. The fourth-order valence-corrected chi connectivity index (χ4v) is 3.58. The van der Waals surface area contributed by atoms with Gasteiger partial charge in [0.05, 0.1) is 7.11 Å². The predicted molar refractivity (Wildman–Crippen MR) is 136 cm³/mol. The van der Waals surface area contributed by atoms with Crippen LogP contribution in [0.25, 0.3) is 6.08 Å². The first-order valence-electron chi connectivity index (χ1n) is 10.9. The van der Waals surface area contributed by atoms with E-state index in [0.29, 0.717) is 35.8 Å². The standard InChI is InChI=1S/C29H28N2O3/c1-5-9-24-15-23(17-27(33-4)28(24)34-19-22-10-7-6-8-11-22)16-25(18-30)29(32)31-26-13-12-20(2)14-21(26)3/h5-8,10-17H,1,9,19H2,2-4H3,(H,31,32)/b25-16+. The molecule has 0 aliphatic heterocycles. The van der Waals surface area contributed by atoms with Gasteiger partial charge in [0.25, 0.3) is 5.91 Å². The molecule has 0 heterocycles. The van der Waals surface area contributed by atoms with Gasteiger partial charge < -0.3 is 14.8 Å². The molecule has 0 radical (unpaired) electrons. The lowest BCUT2D eigenvalue weighted by Gasteiger charge is -2.16. The molecule has 0 unspecified atom stereocenters. The van der Waals surface area contributed by atoms with Crippen molar-refractivity contribution in [1.29, 1.82) is 5.26 Å². The zero-order chi connectivity index (χ0) is 24.5. The molecular weight excluding hydrogens is 424 g/mol. The first kappa shape index (κ1) is 24.3. The van der Waals surface area contributed by atoms with E-state index < -0.39 is 5.91 Å². The van der Waals surface area contributed by atoms with Crippen molar-refractivity contribution in [2.75, 3.05) is 12.4 Å². The van der Waals surface area contributed by atoms with Crippen LogP contribution in [0, 0.1) is 25.2 Å². The zero-order valence-corrected chi connectivity index (χ0v) is 19.7. The summed E-state index contributed by atoms with van der Waals surface area (Å²) < 4.78 is 11.7. The molecule has 1 amide bonds. The summed E-state index contributed by atoms with van der Waals surface area (Å²) in [7, 11) is 1.56. The minimum Gasteiger partial charge on any atom is -0.493 e. The van der Waals surface area contributed by atoms with E-state index >= 15 is 0 Å². The van der Waals surface area contributed by atoms with E-state index in [1.165, 1.54) is 0 Å². The van der Waals surface area contributed by atoms with Gasteiger partial charge in [-0.1, -0.05) is 54.1 Å². The molecule has 1 N–H and O–H groups in total. The Morgan fingerprint density at radius 1 is 1.12 bits per heavy atom. The van der Waals surface area contributed by atoms with Crippen LogP contribution in [0.5, 0.6) is 11.5 Å². The Labute approximate surface area is 201 Å². The second-order valence-corrected chi connectivity index (χ2v) is 7.92. The number of aryl methyl sites for hydroxylation is 2. The van der Waals surface area contributed by atoms with Crippen LogP contribution in [0.3, 0.4) is 0 Å². The molecule has 3 aromatic carbocycles. The number of ether oxygens (including phenoxy) is 2. The summed E-state index contributed by atoms with van der Waals surface area (Å²) in [5, 5.41) is 12.5. The smallest absolute Gasteiger partial charge is 0.266 e. The number of nitrogens with zero attached hydrogens (tertiary/aromatic N) is 1. The highest BCUT2D eigenvalue weighted by Gasteiger charge is 2.15. The van der Waals surface area contributed by atoms with Crippen molar-refractivity contribution >= 4 is 17.7 Å². The number of nitriles is 1. The second kappa shape index (κ2) is 11.5. The highest BCUT2D eigenvalue weighted by Crippen LogP contribution is 2.35. The summed E-state index contributed by atoms with van der Waals surface area (Å²) in [5.74, 6) is 0.665. The summed E-state index contributed by atoms with van der Waals surface area (Å²) in [6.07, 6.45) is 3.86. The monoisotopic (exact) mass is 452 g/mol. The Balaban J connectivity index is 1.90. The molecule has 0 bridgehead atoms. The molecule has 0 spiro atoms. The number of anilines is 1. The first-order valence-corrected chi connectivity index (χ1v) is 10.9. The molecule has 0 aromatic heterocycles. The van der Waals surface area contributed by atoms with Gasteiger partial charge in [0, 0.05) is 11.3 Å². The van der Waals surface area contributed by atoms with Crippen LogP contribution in [-0.2, 0) is 17.8 Å². The van der Waals surface area contributed by atoms with Crippen molar-refractivity contribution in [3.8, 4) is 17.6 Å².